The maximum Gasteiger partial charge on any atom is 0.349 e. The van der Waals surface area contributed by atoms with Gasteiger partial charge in [0, 0.05) is 7.05 Å². The van der Waals surface area contributed by atoms with E-state index in [9.17, 15) is 4.79 Å². The van der Waals surface area contributed by atoms with Gasteiger partial charge >= 0.3 is 5.69 Å². The van der Waals surface area contributed by atoms with E-state index in [0.717, 1.165) is 29.7 Å². The van der Waals surface area contributed by atoms with Crippen molar-refractivity contribution in [1.82, 2.24) is 33.8 Å². The number of aromatic nitrogens is 7. The van der Waals surface area contributed by atoms with E-state index in [-0.39, 0.29) is 17.9 Å². The lowest BCUT2D eigenvalue weighted by Crippen LogP contribution is -2.52. The van der Waals surface area contributed by atoms with Crippen LogP contribution in [0, 0.1) is 6.92 Å². The number of imidazole rings is 1. The first-order valence-electron chi connectivity index (χ1n) is 9.99. The number of ether oxygens (including phenoxy) is 1. The van der Waals surface area contributed by atoms with E-state index in [1.54, 1.807) is 27.0 Å². The van der Waals surface area contributed by atoms with Gasteiger partial charge < -0.3 is 15.1 Å². The molecule has 0 spiro atoms. The lowest BCUT2D eigenvalue weighted by Gasteiger charge is -2.33. The average molecular weight is 407 g/mol. The van der Waals surface area contributed by atoms with Crippen LogP contribution >= 0.6 is 0 Å². The number of morpholine rings is 1. The third-order valence-electron chi connectivity index (χ3n) is 5.96. The van der Waals surface area contributed by atoms with Gasteiger partial charge in [-0.15, -0.1) is 0 Å². The fourth-order valence-electron chi connectivity index (χ4n) is 4.38. The van der Waals surface area contributed by atoms with Crippen molar-refractivity contribution < 1.29 is 4.74 Å². The maximum absolute atomic E-state index is 13.0. The van der Waals surface area contributed by atoms with E-state index < -0.39 is 0 Å². The highest BCUT2D eigenvalue weighted by atomic mass is 16.5. The Morgan fingerprint density at radius 1 is 1.20 bits per heavy atom. The molecule has 4 aromatic heterocycles. The van der Waals surface area contributed by atoms with Gasteiger partial charge in [0.05, 0.1) is 43.4 Å². The summed E-state index contributed by atoms with van der Waals surface area (Å²) in [7, 11) is 1.75. The molecule has 30 heavy (non-hydrogen) atoms. The smallest absolute Gasteiger partial charge is 0.349 e. The normalized spacial score (nSPS) is 21.1. The van der Waals surface area contributed by atoms with Gasteiger partial charge in [-0.05, 0) is 31.4 Å². The van der Waals surface area contributed by atoms with E-state index in [1.165, 1.54) is 6.33 Å². The topological polar surface area (TPSA) is 107 Å². The van der Waals surface area contributed by atoms with Crippen molar-refractivity contribution in [1.29, 1.82) is 0 Å². The van der Waals surface area contributed by atoms with E-state index in [2.05, 4.69) is 25.4 Å². The molecule has 0 aromatic carbocycles. The zero-order chi connectivity index (χ0) is 20.4. The van der Waals surface area contributed by atoms with Gasteiger partial charge in [-0.3, -0.25) is 4.57 Å². The first-order valence-corrected chi connectivity index (χ1v) is 9.99. The molecule has 2 aliphatic rings. The number of hydrogen-bond acceptors (Lipinski definition) is 8. The van der Waals surface area contributed by atoms with E-state index in [4.69, 9.17) is 9.72 Å². The van der Waals surface area contributed by atoms with Crippen LogP contribution in [0.15, 0.2) is 29.6 Å². The summed E-state index contributed by atoms with van der Waals surface area (Å²) < 4.78 is 10.9. The minimum absolute atomic E-state index is 0.127. The molecule has 4 aromatic rings. The molecule has 2 unspecified atom stereocenters. The van der Waals surface area contributed by atoms with Crippen molar-refractivity contribution in [3.63, 3.8) is 0 Å². The Bertz CT molecular complexity index is 1330. The van der Waals surface area contributed by atoms with Crippen LogP contribution in [-0.4, -0.2) is 59.1 Å². The first kappa shape index (κ1) is 17.4. The van der Waals surface area contributed by atoms with Gasteiger partial charge in [0.25, 0.3) is 0 Å². The molecular formula is C19H21N9O2. The van der Waals surface area contributed by atoms with Crippen LogP contribution in [0.5, 0.6) is 0 Å². The number of nitrogens with one attached hydrogen (secondary N) is 1. The lowest BCUT2D eigenvalue weighted by atomic mass is 10.2. The molecular weight excluding hydrogens is 386 g/mol. The summed E-state index contributed by atoms with van der Waals surface area (Å²) in [6, 6.07) is 1.94. The minimum Gasteiger partial charge on any atom is -0.371 e. The van der Waals surface area contributed by atoms with Crippen molar-refractivity contribution in [3.05, 3.63) is 40.8 Å². The highest BCUT2D eigenvalue weighted by molar-refractivity contribution is 5.73. The molecule has 2 bridgehead atoms. The molecule has 6 rings (SSSR count). The van der Waals surface area contributed by atoms with Crippen molar-refractivity contribution in [3.8, 4) is 0 Å². The number of hydrogen-bond donors (Lipinski definition) is 1. The standard InChI is InChI=1S/C19H21N9O2/c1-11-5-16-21-10-22-27(16)9-14(11)23-18-20-6-15-17(24-18)28(19(29)25(15)2)26-7-12-3-4-13(8-26)30-12/h5-6,9-10,12-13H,3-4,7-8H2,1-2H3,(H,20,23,24). The fraction of sp³-hybridized carbons (Fsp3) is 0.421. The van der Waals surface area contributed by atoms with Crippen LogP contribution in [0.25, 0.3) is 16.8 Å². The Labute approximate surface area is 170 Å². The van der Waals surface area contributed by atoms with Crippen LogP contribution in [0.2, 0.25) is 0 Å². The second-order valence-corrected chi connectivity index (χ2v) is 7.94. The van der Waals surface area contributed by atoms with Crippen LogP contribution in [0.4, 0.5) is 11.6 Å². The van der Waals surface area contributed by atoms with Crippen LogP contribution in [-0.2, 0) is 11.8 Å². The summed E-state index contributed by atoms with van der Waals surface area (Å²) >= 11 is 0. The summed E-state index contributed by atoms with van der Waals surface area (Å²) in [4.78, 5) is 26.3. The van der Waals surface area contributed by atoms with Crippen LogP contribution in [0.1, 0.15) is 18.4 Å². The van der Waals surface area contributed by atoms with Crippen molar-refractivity contribution >= 4 is 28.4 Å². The van der Waals surface area contributed by atoms with Gasteiger partial charge in [0.1, 0.15) is 11.8 Å². The SMILES string of the molecule is Cc1cc2ncnn2cc1Nc1ncc2c(n1)n(N1CC3CCC(C1)O3)c(=O)n2C. The number of aryl methyl sites for hydroxylation is 2. The number of pyridine rings is 1. The van der Waals surface area contributed by atoms with Gasteiger partial charge in [-0.2, -0.15) is 14.8 Å². The highest BCUT2D eigenvalue weighted by Crippen LogP contribution is 2.26. The molecule has 2 atom stereocenters. The summed E-state index contributed by atoms with van der Waals surface area (Å²) in [6.07, 6.45) is 7.45. The second-order valence-electron chi connectivity index (χ2n) is 7.94. The third-order valence-corrected chi connectivity index (χ3v) is 5.96. The van der Waals surface area contributed by atoms with Crippen molar-refractivity contribution in [2.75, 3.05) is 23.4 Å². The van der Waals surface area contributed by atoms with Crippen LogP contribution < -0.4 is 16.0 Å². The molecule has 11 nitrogen and oxygen atoms in total. The maximum atomic E-state index is 13.0. The largest absolute Gasteiger partial charge is 0.371 e. The molecule has 0 aliphatic carbocycles. The molecule has 1 N–H and O–H groups in total. The van der Waals surface area contributed by atoms with E-state index in [0.29, 0.717) is 30.2 Å². The van der Waals surface area contributed by atoms with Gasteiger partial charge in [-0.25, -0.2) is 19.3 Å². The number of nitrogens with zero attached hydrogens (tertiary/aromatic N) is 8. The lowest BCUT2D eigenvalue weighted by molar-refractivity contribution is 0.0214. The Morgan fingerprint density at radius 3 is 2.80 bits per heavy atom. The molecule has 6 heterocycles. The van der Waals surface area contributed by atoms with Gasteiger partial charge in [0.15, 0.2) is 11.3 Å². The number of rotatable bonds is 3. The van der Waals surface area contributed by atoms with Crippen molar-refractivity contribution in [2.45, 2.75) is 32.0 Å². The van der Waals surface area contributed by atoms with Gasteiger partial charge in [0.2, 0.25) is 5.95 Å². The monoisotopic (exact) mass is 407 g/mol. The Kier molecular flexibility index (Phi) is 3.63. The molecule has 2 fully saturated rings. The molecule has 154 valence electrons. The van der Waals surface area contributed by atoms with E-state index in [1.807, 2.05) is 19.2 Å². The zero-order valence-corrected chi connectivity index (χ0v) is 16.7. The predicted octanol–water partition coefficient (Wildman–Crippen LogP) is 0.724. The Balaban J connectivity index is 1.42. The highest BCUT2D eigenvalue weighted by Gasteiger charge is 2.35. The van der Waals surface area contributed by atoms with Crippen LogP contribution in [0.3, 0.4) is 0 Å². The third kappa shape index (κ3) is 2.58. The predicted molar refractivity (Wildman–Crippen MR) is 110 cm³/mol. The molecule has 0 amide bonds. The molecule has 0 saturated carbocycles. The van der Waals surface area contributed by atoms with Crippen molar-refractivity contribution in [2.24, 2.45) is 7.05 Å². The average Bonchev–Trinajstić information content (AvgIpc) is 3.39. The number of anilines is 2. The summed E-state index contributed by atoms with van der Waals surface area (Å²) in [5, 5.41) is 9.49. The Morgan fingerprint density at radius 2 is 2.00 bits per heavy atom. The molecule has 2 aliphatic heterocycles. The van der Waals surface area contributed by atoms with E-state index >= 15 is 0 Å². The quantitative estimate of drug-likeness (QED) is 0.530. The van der Waals surface area contributed by atoms with Gasteiger partial charge in [-0.1, -0.05) is 0 Å². The number of fused-ring (bicyclic) bond motifs is 4. The summed E-state index contributed by atoms with van der Waals surface area (Å²) in [6.45, 7) is 3.35. The minimum atomic E-state index is -0.127. The zero-order valence-electron chi connectivity index (χ0n) is 16.7. The molecule has 11 heteroatoms. The first-order chi connectivity index (χ1) is 14.6. The summed E-state index contributed by atoms with van der Waals surface area (Å²) in [5.74, 6) is 0.417. The summed E-state index contributed by atoms with van der Waals surface area (Å²) in [5.41, 5.74) is 3.73. The second kappa shape index (κ2) is 6.26. The molecule has 2 saturated heterocycles. The fourth-order valence-corrected chi connectivity index (χ4v) is 4.38. The Hall–Kier alpha value is -3.47. The molecule has 0 radical (unpaired) electrons.